The van der Waals surface area contributed by atoms with Crippen molar-refractivity contribution in [3.05, 3.63) is 34.8 Å². The highest BCUT2D eigenvalue weighted by atomic mass is 32.2. The molecule has 4 rings (SSSR count). The molecule has 3 aromatic heterocycles. The lowest BCUT2D eigenvalue weighted by Gasteiger charge is -2.24. The summed E-state index contributed by atoms with van der Waals surface area (Å²) in [6, 6.07) is 5.66. The van der Waals surface area contributed by atoms with Crippen molar-refractivity contribution in [3.63, 3.8) is 0 Å². The molecule has 3 aromatic rings. The van der Waals surface area contributed by atoms with Crippen LogP contribution in [0.5, 0.6) is 0 Å². The standard InChI is InChI=1S/C18H20N4O3S2/c1-11-15-12(17(23)20-18(2)6-8-27(24,25)10-18)9-13(14-5-4-7-26-14)19-16(15)22(3)21-11/h4-5,7,9H,6,8,10H2,1-3H3,(H,20,23)/t18-/m1/s1. The third-order valence-corrected chi connectivity index (χ3v) is 7.70. The van der Waals surface area contributed by atoms with Crippen LogP contribution in [0, 0.1) is 6.92 Å². The zero-order chi connectivity index (χ0) is 19.4. The predicted octanol–water partition coefficient (Wildman–Crippen LogP) is 2.31. The van der Waals surface area contributed by atoms with Gasteiger partial charge in [-0.2, -0.15) is 5.10 Å². The van der Waals surface area contributed by atoms with Crippen molar-refractivity contribution >= 4 is 38.1 Å². The number of amides is 1. The molecule has 1 fully saturated rings. The molecule has 1 N–H and O–H groups in total. The molecular formula is C18H20N4O3S2. The molecular weight excluding hydrogens is 384 g/mol. The topological polar surface area (TPSA) is 93.9 Å². The number of hydrogen-bond acceptors (Lipinski definition) is 6. The first-order valence-electron chi connectivity index (χ1n) is 8.59. The van der Waals surface area contributed by atoms with Crippen LogP contribution in [0.15, 0.2) is 23.6 Å². The van der Waals surface area contributed by atoms with E-state index in [1.807, 2.05) is 24.4 Å². The van der Waals surface area contributed by atoms with Crippen LogP contribution in [-0.4, -0.2) is 46.1 Å². The Kier molecular flexibility index (Phi) is 4.12. The number of carbonyl (C=O) groups is 1. The van der Waals surface area contributed by atoms with Gasteiger partial charge in [-0.15, -0.1) is 11.3 Å². The van der Waals surface area contributed by atoms with Gasteiger partial charge in [-0.05, 0) is 37.8 Å². The molecule has 7 nitrogen and oxygen atoms in total. The van der Waals surface area contributed by atoms with E-state index >= 15 is 0 Å². The van der Waals surface area contributed by atoms with Gasteiger partial charge < -0.3 is 5.32 Å². The van der Waals surface area contributed by atoms with Gasteiger partial charge in [-0.25, -0.2) is 13.4 Å². The molecule has 142 valence electrons. The van der Waals surface area contributed by atoms with Gasteiger partial charge in [0.25, 0.3) is 5.91 Å². The van der Waals surface area contributed by atoms with E-state index in [4.69, 9.17) is 0 Å². The molecule has 1 aliphatic rings. The van der Waals surface area contributed by atoms with Gasteiger partial charge in [0, 0.05) is 7.05 Å². The van der Waals surface area contributed by atoms with Crippen molar-refractivity contribution in [1.82, 2.24) is 20.1 Å². The van der Waals surface area contributed by atoms with E-state index in [-0.39, 0.29) is 17.4 Å². The summed E-state index contributed by atoms with van der Waals surface area (Å²) >= 11 is 1.55. The Hall–Kier alpha value is -2.26. The van der Waals surface area contributed by atoms with Crippen molar-refractivity contribution in [3.8, 4) is 10.6 Å². The highest BCUT2D eigenvalue weighted by Crippen LogP contribution is 2.30. The van der Waals surface area contributed by atoms with Crippen LogP contribution in [0.1, 0.15) is 29.4 Å². The number of rotatable bonds is 3. The van der Waals surface area contributed by atoms with Crippen LogP contribution in [0.25, 0.3) is 21.6 Å². The fourth-order valence-electron chi connectivity index (χ4n) is 3.62. The lowest BCUT2D eigenvalue weighted by molar-refractivity contribution is 0.0917. The number of thiophene rings is 1. The maximum atomic E-state index is 13.1. The minimum absolute atomic E-state index is 0.0379. The SMILES string of the molecule is Cc1nn(C)c2nc(-c3cccs3)cc(C(=O)N[C@]3(C)CCS(=O)(=O)C3)c12. The summed E-state index contributed by atoms with van der Waals surface area (Å²) in [5, 5.41) is 10.0. The molecule has 0 bridgehead atoms. The number of aryl methyl sites for hydroxylation is 2. The monoisotopic (exact) mass is 404 g/mol. The summed E-state index contributed by atoms with van der Waals surface area (Å²) in [6.45, 7) is 3.62. The fourth-order valence-corrected chi connectivity index (χ4v) is 6.40. The van der Waals surface area contributed by atoms with E-state index in [1.54, 1.807) is 36.1 Å². The Morgan fingerprint density at radius 1 is 1.41 bits per heavy atom. The molecule has 0 radical (unpaired) electrons. The molecule has 1 amide bonds. The summed E-state index contributed by atoms with van der Waals surface area (Å²) in [7, 11) is -1.32. The number of nitrogens with zero attached hydrogens (tertiary/aromatic N) is 3. The van der Waals surface area contributed by atoms with Crippen LogP contribution < -0.4 is 5.32 Å². The van der Waals surface area contributed by atoms with Crippen LogP contribution in [-0.2, 0) is 16.9 Å². The maximum Gasteiger partial charge on any atom is 0.252 e. The second-order valence-electron chi connectivity index (χ2n) is 7.30. The number of sulfone groups is 1. The molecule has 0 spiro atoms. The highest BCUT2D eigenvalue weighted by molar-refractivity contribution is 7.91. The largest absolute Gasteiger partial charge is 0.346 e. The predicted molar refractivity (Wildman–Crippen MR) is 106 cm³/mol. The minimum Gasteiger partial charge on any atom is -0.346 e. The van der Waals surface area contributed by atoms with Crippen molar-refractivity contribution in [2.45, 2.75) is 25.8 Å². The number of hydrogen-bond donors (Lipinski definition) is 1. The molecule has 0 aliphatic carbocycles. The van der Waals surface area contributed by atoms with E-state index in [1.165, 1.54) is 0 Å². The second-order valence-corrected chi connectivity index (χ2v) is 10.4. The van der Waals surface area contributed by atoms with E-state index in [2.05, 4.69) is 15.4 Å². The third kappa shape index (κ3) is 3.25. The average Bonchev–Trinajstić information content (AvgIpc) is 3.27. The van der Waals surface area contributed by atoms with Crippen LogP contribution in [0.4, 0.5) is 0 Å². The summed E-state index contributed by atoms with van der Waals surface area (Å²) in [6.07, 6.45) is 0.416. The quantitative estimate of drug-likeness (QED) is 0.723. The summed E-state index contributed by atoms with van der Waals surface area (Å²) in [4.78, 5) is 18.8. The lowest BCUT2D eigenvalue weighted by atomic mass is 10.0. The Bertz CT molecular complexity index is 1150. The molecule has 9 heteroatoms. The maximum absolute atomic E-state index is 13.1. The van der Waals surface area contributed by atoms with Gasteiger partial charge >= 0.3 is 0 Å². The molecule has 0 aromatic carbocycles. The van der Waals surface area contributed by atoms with Crippen LogP contribution >= 0.6 is 11.3 Å². The van der Waals surface area contributed by atoms with Crippen molar-refractivity contribution in [2.75, 3.05) is 11.5 Å². The zero-order valence-corrected chi connectivity index (χ0v) is 16.9. The second kappa shape index (κ2) is 6.13. The van der Waals surface area contributed by atoms with Crippen molar-refractivity contribution in [2.24, 2.45) is 7.05 Å². The zero-order valence-electron chi connectivity index (χ0n) is 15.3. The third-order valence-electron chi connectivity index (χ3n) is 4.91. The fraction of sp³-hybridized carbons (Fsp3) is 0.389. The Morgan fingerprint density at radius 3 is 2.81 bits per heavy atom. The molecule has 27 heavy (non-hydrogen) atoms. The molecule has 1 aliphatic heterocycles. The van der Waals surface area contributed by atoms with Crippen molar-refractivity contribution in [1.29, 1.82) is 0 Å². The molecule has 0 unspecified atom stereocenters. The number of nitrogens with one attached hydrogen (secondary N) is 1. The Morgan fingerprint density at radius 2 is 2.19 bits per heavy atom. The van der Waals surface area contributed by atoms with E-state index in [0.29, 0.717) is 34.4 Å². The summed E-state index contributed by atoms with van der Waals surface area (Å²) < 4.78 is 25.4. The number of aromatic nitrogens is 3. The summed E-state index contributed by atoms with van der Waals surface area (Å²) in [5.41, 5.74) is 1.76. The first kappa shape index (κ1) is 18.1. The number of carbonyl (C=O) groups excluding carboxylic acids is 1. The number of pyridine rings is 1. The molecule has 1 atom stereocenters. The smallest absolute Gasteiger partial charge is 0.252 e. The van der Waals surface area contributed by atoms with Gasteiger partial charge in [0.1, 0.15) is 0 Å². The first-order valence-corrected chi connectivity index (χ1v) is 11.3. The highest BCUT2D eigenvalue weighted by Gasteiger charge is 2.40. The first-order chi connectivity index (χ1) is 12.7. The normalized spacial score (nSPS) is 21.6. The Labute approximate surface area is 161 Å². The van der Waals surface area contributed by atoms with E-state index < -0.39 is 15.4 Å². The Balaban J connectivity index is 1.81. The van der Waals surface area contributed by atoms with Crippen LogP contribution in [0.3, 0.4) is 0 Å². The van der Waals surface area contributed by atoms with E-state index in [9.17, 15) is 13.2 Å². The van der Waals surface area contributed by atoms with Crippen LogP contribution in [0.2, 0.25) is 0 Å². The van der Waals surface area contributed by atoms with Gasteiger partial charge in [-0.3, -0.25) is 9.48 Å². The van der Waals surface area contributed by atoms with Gasteiger partial charge in [0.15, 0.2) is 15.5 Å². The van der Waals surface area contributed by atoms with E-state index in [0.717, 1.165) is 4.88 Å². The van der Waals surface area contributed by atoms with Gasteiger partial charge in [-0.1, -0.05) is 6.07 Å². The molecule has 4 heterocycles. The van der Waals surface area contributed by atoms with Gasteiger partial charge in [0.2, 0.25) is 0 Å². The summed E-state index contributed by atoms with van der Waals surface area (Å²) in [5.74, 6) is -0.234. The molecule has 0 saturated carbocycles. The number of fused-ring (bicyclic) bond motifs is 1. The van der Waals surface area contributed by atoms with Gasteiger partial charge in [0.05, 0.1) is 44.3 Å². The lowest BCUT2D eigenvalue weighted by Crippen LogP contribution is -2.47. The minimum atomic E-state index is -3.11. The van der Waals surface area contributed by atoms with Crippen molar-refractivity contribution < 1.29 is 13.2 Å². The average molecular weight is 405 g/mol. The molecule has 1 saturated heterocycles.